The summed E-state index contributed by atoms with van der Waals surface area (Å²) >= 11 is 3.19. The lowest BCUT2D eigenvalue weighted by Crippen LogP contribution is -1.84. The minimum atomic E-state index is 0.109. The van der Waals surface area contributed by atoms with Gasteiger partial charge in [0.2, 0.25) is 0 Å². The van der Waals surface area contributed by atoms with Gasteiger partial charge in [-0.3, -0.25) is 0 Å². The van der Waals surface area contributed by atoms with Crippen LogP contribution >= 0.6 is 15.9 Å². The molecule has 0 amide bonds. The highest BCUT2D eigenvalue weighted by Crippen LogP contribution is 2.07. The van der Waals surface area contributed by atoms with Crippen LogP contribution < -0.4 is 0 Å². The van der Waals surface area contributed by atoms with E-state index in [-0.39, 0.29) is 6.61 Å². The molecule has 0 saturated heterocycles. The van der Waals surface area contributed by atoms with Gasteiger partial charge in [-0.25, -0.2) is 0 Å². The lowest BCUT2D eigenvalue weighted by Gasteiger charge is -1.94. The smallest absolute Gasteiger partial charge is 0.0743 e. The molecule has 0 heterocycles. The van der Waals surface area contributed by atoms with Gasteiger partial charge in [0.15, 0.2) is 0 Å². The van der Waals surface area contributed by atoms with Gasteiger partial charge in [-0.2, -0.15) is 0 Å². The van der Waals surface area contributed by atoms with Crippen LogP contribution in [0, 0.1) is 5.92 Å². The highest BCUT2D eigenvalue weighted by molar-refractivity contribution is 9.11. The molecule has 0 aromatic rings. The molecule has 48 valence electrons. The molecule has 0 fully saturated rings. The summed E-state index contributed by atoms with van der Waals surface area (Å²) < 4.78 is 0.868. The first kappa shape index (κ1) is 8.18. The summed E-state index contributed by atoms with van der Waals surface area (Å²) in [6.07, 6.45) is 1.97. The Morgan fingerprint density at radius 1 is 1.75 bits per heavy atom. The minimum Gasteiger partial charge on any atom is -0.391 e. The Morgan fingerprint density at radius 2 is 2.25 bits per heavy atom. The molecule has 0 bridgehead atoms. The van der Waals surface area contributed by atoms with Crippen molar-refractivity contribution in [1.82, 2.24) is 0 Å². The lowest BCUT2D eigenvalue weighted by atomic mass is 10.2. The summed E-state index contributed by atoms with van der Waals surface area (Å²) in [4.78, 5) is 0. The van der Waals surface area contributed by atoms with Crippen LogP contribution in [0.25, 0.3) is 0 Å². The number of hydrogen-bond donors (Lipinski definition) is 1. The molecule has 1 N–H and O–H groups in total. The second-order valence-corrected chi connectivity index (χ2v) is 3.03. The van der Waals surface area contributed by atoms with Gasteiger partial charge in [-0.1, -0.05) is 35.9 Å². The Kier molecular flexibility index (Phi) is 4.19. The maximum atomic E-state index is 8.47. The van der Waals surface area contributed by atoms with E-state index in [2.05, 4.69) is 29.8 Å². The van der Waals surface area contributed by atoms with Gasteiger partial charge in [-0.15, -0.1) is 0 Å². The zero-order valence-corrected chi connectivity index (χ0v) is 6.77. The number of aliphatic hydroxyl groups excluding tert-OH is 1. The fourth-order valence-electron chi connectivity index (χ4n) is 0.414. The van der Waals surface area contributed by atoms with Crippen molar-refractivity contribution in [1.29, 1.82) is 0 Å². The number of rotatable bonds is 2. The number of aliphatic hydroxyl groups is 1. The van der Waals surface area contributed by atoms with Crippen LogP contribution in [0.2, 0.25) is 0 Å². The first-order valence-corrected chi connectivity index (χ1v) is 3.43. The molecule has 0 aliphatic carbocycles. The van der Waals surface area contributed by atoms with Gasteiger partial charge < -0.3 is 5.11 Å². The molecule has 2 heteroatoms. The molecule has 0 aromatic carbocycles. The molecule has 0 atom stereocenters. The Morgan fingerprint density at radius 3 is 2.38 bits per heavy atom. The van der Waals surface area contributed by atoms with E-state index in [1.165, 1.54) is 0 Å². The van der Waals surface area contributed by atoms with Gasteiger partial charge in [0, 0.05) is 4.48 Å². The summed E-state index contributed by atoms with van der Waals surface area (Å²) in [6, 6.07) is 0. The van der Waals surface area contributed by atoms with Crippen molar-refractivity contribution in [2.75, 3.05) is 6.61 Å². The Bertz CT molecular complexity index is 86.5. The van der Waals surface area contributed by atoms with Crippen LogP contribution in [0.15, 0.2) is 10.6 Å². The van der Waals surface area contributed by atoms with Crippen LogP contribution in [0.5, 0.6) is 0 Å². The molecule has 0 aliphatic heterocycles. The fourth-order valence-corrected chi connectivity index (χ4v) is 0.943. The van der Waals surface area contributed by atoms with E-state index < -0.39 is 0 Å². The maximum absolute atomic E-state index is 8.47. The topological polar surface area (TPSA) is 20.2 Å². The molecule has 0 aromatic heterocycles. The van der Waals surface area contributed by atoms with Crippen molar-refractivity contribution in [3.05, 3.63) is 10.6 Å². The Labute approximate surface area is 58.5 Å². The largest absolute Gasteiger partial charge is 0.391 e. The molecule has 1 nitrogen and oxygen atoms in total. The second-order valence-electron chi connectivity index (χ2n) is 2.02. The van der Waals surface area contributed by atoms with Crippen molar-refractivity contribution in [2.24, 2.45) is 5.92 Å². The minimum absolute atomic E-state index is 0.109. The van der Waals surface area contributed by atoms with Crippen molar-refractivity contribution in [3.8, 4) is 0 Å². The molecule has 0 unspecified atom stereocenters. The number of hydrogen-bond acceptors (Lipinski definition) is 1. The van der Waals surface area contributed by atoms with Crippen molar-refractivity contribution in [2.45, 2.75) is 13.8 Å². The van der Waals surface area contributed by atoms with E-state index >= 15 is 0 Å². The maximum Gasteiger partial charge on any atom is 0.0743 e. The van der Waals surface area contributed by atoms with E-state index in [0.717, 1.165) is 4.48 Å². The molecule has 0 spiro atoms. The van der Waals surface area contributed by atoms with E-state index in [9.17, 15) is 0 Å². The summed E-state index contributed by atoms with van der Waals surface area (Å²) in [5.74, 6) is 0.511. The third-order valence-corrected chi connectivity index (χ3v) is 1.18. The van der Waals surface area contributed by atoms with E-state index in [1.807, 2.05) is 6.08 Å². The first-order chi connectivity index (χ1) is 3.66. The lowest BCUT2D eigenvalue weighted by molar-refractivity contribution is 0.339. The normalized spacial score (nSPS) is 12.9. The molecule has 0 radical (unpaired) electrons. The van der Waals surface area contributed by atoms with Gasteiger partial charge in [0.05, 0.1) is 6.61 Å². The molecular formula is C6H11BrO. The molecular weight excluding hydrogens is 168 g/mol. The number of halogens is 1. The standard InChI is InChI=1S/C6H11BrO/c1-5(2)3-6(7)4-8/h3,5,8H,4H2,1-2H3/b6-3+. The highest BCUT2D eigenvalue weighted by atomic mass is 79.9. The SMILES string of the molecule is CC(C)/C=C(/Br)CO. The Balaban J connectivity index is 3.56. The monoisotopic (exact) mass is 178 g/mol. The molecule has 8 heavy (non-hydrogen) atoms. The summed E-state index contributed by atoms with van der Waals surface area (Å²) in [7, 11) is 0. The Hall–Kier alpha value is 0.180. The predicted molar refractivity (Wildman–Crippen MR) is 38.9 cm³/mol. The third kappa shape index (κ3) is 4.34. The third-order valence-electron chi connectivity index (χ3n) is 0.665. The molecule has 0 aliphatic rings. The summed E-state index contributed by atoms with van der Waals surface area (Å²) in [5.41, 5.74) is 0. The quantitative estimate of drug-likeness (QED) is 0.686. The summed E-state index contributed by atoms with van der Waals surface area (Å²) in [6.45, 7) is 4.24. The molecule has 0 saturated carbocycles. The van der Waals surface area contributed by atoms with Crippen molar-refractivity contribution >= 4 is 15.9 Å². The van der Waals surface area contributed by atoms with Crippen LogP contribution in [0.1, 0.15) is 13.8 Å². The first-order valence-electron chi connectivity index (χ1n) is 2.64. The van der Waals surface area contributed by atoms with E-state index in [0.29, 0.717) is 5.92 Å². The fraction of sp³-hybridized carbons (Fsp3) is 0.667. The zero-order chi connectivity index (χ0) is 6.57. The van der Waals surface area contributed by atoms with Gasteiger partial charge in [0.1, 0.15) is 0 Å². The van der Waals surface area contributed by atoms with Gasteiger partial charge in [0.25, 0.3) is 0 Å². The van der Waals surface area contributed by atoms with Crippen LogP contribution in [-0.2, 0) is 0 Å². The second kappa shape index (κ2) is 4.10. The van der Waals surface area contributed by atoms with Gasteiger partial charge >= 0.3 is 0 Å². The van der Waals surface area contributed by atoms with E-state index in [4.69, 9.17) is 5.11 Å². The van der Waals surface area contributed by atoms with Crippen LogP contribution in [0.3, 0.4) is 0 Å². The zero-order valence-electron chi connectivity index (χ0n) is 5.19. The van der Waals surface area contributed by atoms with Crippen molar-refractivity contribution in [3.63, 3.8) is 0 Å². The van der Waals surface area contributed by atoms with E-state index in [1.54, 1.807) is 0 Å². The molecule has 0 rings (SSSR count). The predicted octanol–water partition coefficient (Wildman–Crippen LogP) is 1.91. The average Bonchev–Trinajstić information content (AvgIpc) is 1.65. The summed E-state index contributed by atoms with van der Waals surface area (Å²) in [5, 5.41) is 8.47. The average molecular weight is 179 g/mol. The van der Waals surface area contributed by atoms with Crippen LogP contribution in [-0.4, -0.2) is 11.7 Å². The van der Waals surface area contributed by atoms with Crippen molar-refractivity contribution < 1.29 is 5.11 Å². The van der Waals surface area contributed by atoms with Gasteiger partial charge in [-0.05, 0) is 5.92 Å². The van der Waals surface area contributed by atoms with Crippen LogP contribution in [0.4, 0.5) is 0 Å². The number of allylic oxidation sites excluding steroid dienone is 1. The highest BCUT2D eigenvalue weighted by Gasteiger charge is 1.89.